The lowest BCUT2D eigenvalue weighted by Gasteiger charge is -2.48. The summed E-state index contributed by atoms with van der Waals surface area (Å²) in [7, 11) is 0. The molecule has 0 fully saturated rings. The van der Waals surface area contributed by atoms with Crippen molar-refractivity contribution < 1.29 is 24.2 Å². The predicted molar refractivity (Wildman–Crippen MR) is 85.1 cm³/mol. The van der Waals surface area contributed by atoms with Crippen LogP contribution in [0.5, 0.6) is 0 Å². The van der Waals surface area contributed by atoms with E-state index in [1.54, 1.807) is 0 Å². The molecule has 0 aliphatic heterocycles. The van der Waals surface area contributed by atoms with Crippen molar-refractivity contribution in [1.29, 1.82) is 0 Å². The molecule has 0 rings (SSSR count). The first-order valence-corrected chi connectivity index (χ1v) is 7.42. The highest BCUT2D eigenvalue weighted by Gasteiger charge is 2.53. The number of esters is 2. The van der Waals surface area contributed by atoms with Crippen molar-refractivity contribution in [2.24, 2.45) is 16.2 Å². The fourth-order valence-corrected chi connectivity index (χ4v) is 2.34. The van der Waals surface area contributed by atoms with E-state index < -0.39 is 17.5 Å². The second-order valence-electron chi connectivity index (χ2n) is 7.71. The number of ether oxygens (including phenoxy) is 2. The first-order valence-electron chi connectivity index (χ1n) is 7.42. The van der Waals surface area contributed by atoms with E-state index in [2.05, 4.69) is 6.58 Å². The number of aliphatic hydroxyl groups excluding tert-OH is 1. The van der Waals surface area contributed by atoms with Crippen LogP contribution in [0.25, 0.3) is 0 Å². The molecule has 0 aliphatic rings. The summed E-state index contributed by atoms with van der Waals surface area (Å²) in [6.07, 6.45) is -0.0494. The highest BCUT2D eigenvalue weighted by atomic mass is 16.6. The van der Waals surface area contributed by atoms with Gasteiger partial charge in [0, 0.05) is 6.08 Å². The highest BCUT2D eigenvalue weighted by molar-refractivity contribution is 5.81. The molecule has 0 saturated heterocycles. The Balaban J connectivity index is 4.81. The SMILES string of the molecule is C=CC(=O)OCC(O)COC(=O)C(C)(C(C)(C)C)C(C)(C)C. The monoisotopic (exact) mass is 314 g/mol. The molecular weight excluding hydrogens is 284 g/mol. The Labute approximate surface area is 133 Å². The van der Waals surface area contributed by atoms with Crippen molar-refractivity contribution in [3.63, 3.8) is 0 Å². The molecule has 0 aliphatic carbocycles. The van der Waals surface area contributed by atoms with E-state index in [-0.39, 0.29) is 30.0 Å². The summed E-state index contributed by atoms with van der Waals surface area (Å²) in [4.78, 5) is 23.5. The van der Waals surface area contributed by atoms with Gasteiger partial charge in [0.05, 0.1) is 5.41 Å². The van der Waals surface area contributed by atoms with Gasteiger partial charge in [-0.05, 0) is 17.8 Å². The van der Waals surface area contributed by atoms with Crippen molar-refractivity contribution >= 4 is 11.9 Å². The second kappa shape index (κ2) is 7.27. The molecule has 22 heavy (non-hydrogen) atoms. The van der Waals surface area contributed by atoms with Crippen LogP contribution in [0.3, 0.4) is 0 Å². The standard InChI is InChI=1S/C17H30O5/c1-9-13(19)21-10-12(18)11-22-14(20)17(8,15(2,3)4)16(5,6)7/h9,12,18H,1,10-11H2,2-8H3. The smallest absolute Gasteiger partial charge is 0.330 e. The number of rotatable bonds is 6. The number of carbonyl (C=O) groups is 2. The third kappa shape index (κ3) is 4.83. The lowest BCUT2D eigenvalue weighted by molar-refractivity contribution is -0.176. The molecule has 0 spiro atoms. The minimum atomic E-state index is -1.06. The molecule has 0 bridgehead atoms. The average molecular weight is 314 g/mol. The van der Waals surface area contributed by atoms with Crippen LogP contribution in [-0.4, -0.2) is 36.4 Å². The van der Waals surface area contributed by atoms with E-state index in [4.69, 9.17) is 9.47 Å². The van der Waals surface area contributed by atoms with E-state index in [9.17, 15) is 14.7 Å². The Bertz CT molecular complexity index is 398. The quantitative estimate of drug-likeness (QED) is 0.603. The van der Waals surface area contributed by atoms with E-state index in [0.29, 0.717) is 0 Å². The van der Waals surface area contributed by atoms with Gasteiger partial charge >= 0.3 is 11.9 Å². The zero-order valence-corrected chi connectivity index (χ0v) is 14.9. The molecule has 0 radical (unpaired) electrons. The molecule has 5 heteroatoms. The normalized spacial score (nSPS) is 14.2. The second-order valence-corrected chi connectivity index (χ2v) is 7.71. The first-order chi connectivity index (χ1) is 9.77. The lowest BCUT2D eigenvalue weighted by Crippen LogP contribution is -2.51. The van der Waals surface area contributed by atoms with Crippen LogP contribution in [0.2, 0.25) is 0 Å². The Morgan fingerprint density at radius 3 is 1.77 bits per heavy atom. The van der Waals surface area contributed by atoms with Gasteiger partial charge in [-0.1, -0.05) is 48.1 Å². The van der Waals surface area contributed by atoms with Gasteiger partial charge in [-0.2, -0.15) is 0 Å². The average Bonchev–Trinajstić information content (AvgIpc) is 2.38. The van der Waals surface area contributed by atoms with E-state index in [1.807, 2.05) is 48.5 Å². The molecule has 0 aromatic heterocycles. The topological polar surface area (TPSA) is 72.8 Å². The van der Waals surface area contributed by atoms with Crippen LogP contribution in [0.15, 0.2) is 12.7 Å². The number of hydrogen-bond acceptors (Lipinski definition) is 5. The van der Waals surface area contributed by atoms with Crippen LogP contribution in [-0.2, 0) is 19.1 Å². The van der Waals surface area contributed by atoms with Gasteiger partial charge in [-0.25, -0.2) is 4.79 Å². The summed E-state index contributed by atoms with van der Waals surface area (Å²) in [5.74, 6) is -0.999. The van der Waals surface area contributed by atoms with Gasteiger partial charge in [0.1, 0.15) is 19.3 Å². The van der Waals surface area contributed by atoms with E-state index >= 15 is 0 Å². The maximum absolute atomic E-state index is 12.6. The molecule has 0 aromatic rings. The molecule has 5 nitrogen and oxygen atoms in total. The maximum Gasteiger partial charge on any atom is 0.330 e. The molecule has 1 atom stereocenters. The van der Waals surface area contributed by atoms with Crippen molar-refractivity contribution in [3.8, 4) is 0 Å². The van der Waals surface area contributed by atoms with Crippen LogP contribution in [0.4, 0.5) is 0 Å². The molecular formula is C17H30O5. The van der Waals surface area contributed by atoms with Crippen LogP contribution in [0, 0.1) is 16.2 Å². The van der Waals surface area contributed by atoms with Crippen molar-refractivity contribution in [2.45, 2.75) is 54.6 Å². The Hall–Kier alpha value is -1.36. The molecule has 0 aromatic carbocycles. The summed E-state index contributed by atoms with van der Waals surface area (Å²) in [5.41, 5.74) is -1.37. The largest absolute Gasteiger partial charge is 0.462 e. The third-order valence-electron chi connectivity index (χ3n) is 4.40. The van der Waals surface area contributed by atoms with Crippen LogP contribution >= 0.6 is 0 Å². The number of aliphatic hydroxyl groups is 1. The Morgan fingerprint density at radius 2 is 1.41 bits per heavy atom. The molecule has 1 N–H and O–H groups in total. The van der Waals surface area contributed by atoms with Crippen LogP contribution < -0.4 is 0 Å². The fraction of sp³-hybridized carbons (Fsp3) is 0.765. The minimum Gasteiger partial charge on any atom is -0.462 e. The highest BCUT2D eigenvalue weighted by Crippen LogP contribution is 2.52. The van der Waals surface area contributed by atoms with Gasteiger partial charge < -0.3 is 14.6 Å². The first kappa shape index (κ1) is 20.6. The molecule has 0 amide bonds. The fourth-order valence-electron chi connectivity index (χ4n) is 2.34. The lowest BCUT2D eigenvalue weighted by atomic mass is 9.55. The predicted octanol–water partition coefficient (Wildman–Crippen LogP) is 2.72. The van der Waals surface area contributed by atoms with Crippen molar-refractivity contribution in [1.82, 2.24) is 0 Å². The Kier molecular flexibility index (Phi) is 6.82. The van der Waals surface area contributed by atoms with Crippen molar-refractivity contribution in [3.05, 3.63) is 12.7 Å². The summed E-state index contributed by atoms with van der Waals surface area (Å²) in [6.45, 7) is 16.6. The summed E-state index contributed by atoms with van der Waals surface area (Å²) >= 11 is 0. The number of carbonyl (C=O) groups excluding carboxylic acids is 2. The minimum absolute atomic E-state index is 0.217. The van der Waals surface area contributed by atoms with Gasteiger partial charge in [0.25, 0.3) is 0 Å². The summed E-state index contributed by atoms with van der Waals surface area (Å²) in [5, 5.41) is 9.73. The molecule has 128 valence electrons. The van der Waals surface area contributed by atoms with Crippen molar-refractivity contribution in [2.75, 3.05) is 13.2 Å². The maximum atomic E-state index is 12.6. The van der Waals surface area contributed by atoms with Gasteiger partial charge in [-0.3, -0.25) is 4.79 Å². The van der Waals surface area contributed by atoms with Gasteiger partial charge in [0.2, 0.25) is 0 Å². The molecule has 0 heterocycles. The molecule has 1 unspecified atom stereocenters. The summed E-state index contributed by atoms with van der Waals surface area (Å²) < 4.78 is 9.99. The molecule has 0 saturated carbocycles. The van der Waals surface area contributed by atoms with E-state index in [1.165, 1.54) is 0 Å². The number of hydrogen-bond donors (Lipinski definition) is 1. The van der Waals surface area contributed by atoms with Gasteiger partial charge in [-0.15, -0.1) is 0 Å². The zero-order valence-electron chi connectivity index (χ0n) is 14.9. The van der Waals surface area contributed by atoms with Crippen LogP contribution in [0.1, 0.15) is 48.5 Å². The van der Waals surface area contributed by atoms with Gasteiger partial charge in [0.15, 0.2) is 0 Å². The van der Waals surface area contributed by atoms with E-state index in [0.717, 1.165) is 6.08 Å². The Morgan fingerprint density at radius 1 is 1.00 bits per heavy atom. The zero-order chi connectivity index (χ0) is 17.8. The summed E-state index contributed by atoms with van der Waals surface area (Å²) in [6, 6.07) is 0. The third-order valence-corrected chi connectivity index (χ3v) is 4.40.